The molecule has 0 aliphatic rings. The zero-order valence-corrected chi connectivity index (χ0v) is 4.61. The summed E-state index contributed by atoms with van der Waals surface area (Å²) in [4.78, 5) is 9.60. The van der Waals surface area contributed by atoms with Crippen molar-refractivity contribution in [2.75, 3.05) is 0 Å². The van der Waals surface area contributed by atoms with E-state index in [-0.39, 0.29) is 0 Å². The van der Waals surface area contributed by atoms with Crippen LogP contribution < -0.4 is 0 Å². The van der Waals surface area contributed by atoms with Gasteiger partial charge in [-0.05, 0) is 5.82 Å². The highest BCUT2D eigenvalue weighted by Gasteiger charge is 1.97. The molecule has 1 unspecified atom stereocenters. The van der Waals surface area contributed by atoms with Crippen LogP contribution in [0.4, 0.5) is 0 Å². The SMILES string of the molecule is O=C(O)/C(O)=C/P. The summed E-state index contributed by atoms with van der Waals surface area (Å²) in [5, 5.41) is 16.0. The van der Waals surface area contributed by atoms with Crippen molar-refractivity contribution in [2.24, 2.45) is 0 Å². The van der Waals surface area contributed by atoms with Crippen LogP contribution in [0, 0.1) is 0 Å². The number of carboxylic acids is 1. The summed E-state index contributed by atoms with van der Waals surface area (Å²) in [5.41, 5.74) is 0. The van der Waals surface area contributed by atoms with Gasteiger partial charge in [-0.25, -0.2) is 4.79 Å². The molecular formula is C3H5O3P. The average molecular weight is 120 g/mol. The van der Waals surface area contributed by atoms with Crippen molar-refractivity contribution in [3.05, 3.63) is 11.6 Å². The molecule has 0 rings (SSSR count). The molecule has 0 radical (unpaired) electrons. The molecule has 0 bridgehead atoms. The van der Waals surface area contributed by atoms with Gasteiger partial charge >= 0.3 is 5.97 Å². The summed E-state index contributed by atoms with van der Waals surface area (Å²) in [5.74, 6) is -0.928. The summed E-state index contributed by atoms with van der Waals surface area (Å²) in [6.07, 6.45) is 0. The number of aliphatic carboxylic acids is 1. The Morgan fingerprint density at radius 2 is 2.00 bits per heavy atom. The van der Waals surface area contributed by atoms with Crippen molar-refractivity contribution in [1.82, 2.24) is 0 Å². The van der Waals surface area contributed by atoms with E-state index in [1.54, 1.807) is 0 Å². The molecule has 0 aromatic carbocycles. The summed E-state index contributed by atoms with van der Waals surface area (Å²) in [7, 11) is 1.97. The van der Waals surface area contributed by atoms with Crippen molar-refractivity contribution in [3.8, 4) is 0 Å². The maximum absolute atomic E-state index is 9.60. The Balaban J connectivity index is 3.82. The maximum Gasteiger partial charge on any atom is 0.370 e. The molecule has 0 fully saturated rings. The topological polar surface area (TPSA) is 57.5 Å². The summed E-state index contributed by atoms with van der Waals surface area (Å²) >= 11 is 0. The molecule has 7 heavy (non-hydrogen) atoms. The first-order valence-electron chi connectivity index (χ1n) is 1.52. The second-order valence-electron chi connectivity index (χ2n) is 0.857. The maximum atomic E-state index is 9.60. The fraction of sp³-hybridized carbons (Fsp3) is 0. The lowest BCUT2D eigenvalue weighted by atomic mass is 10.6. The number of hydrogen-bond donors (Lipinski definition) is 2. The van der Waals surface area contributed by atoms with Gasteiger partial charge in [0.1, 0.15) is 0 Å². The van der Waals surface area contributed by atoms with Gasteiger partial charge in [-0.3, -0.25) is 0 Å². The first kappa shape index (κ1) is 6.44. The van der Waals surface area contributed by atoms with Gasteiger partial charge in [0.2, 0.25) is 5.76 Å². The second-order valence-corrected chi connectivity index (χ2v) is 1.19. The van der Waals surface area contributed by atoms with E-state index in [0.29, 0.717) is 0 Å². The molecule has 0 aromatic heterocycles. The van der Waals surface area contributed by atoms with Crippen molar-refractivity contribution in [3.63, 3.8) is 0 Å². The molecule has 4 heteroatoms. The van der Waals surface area contributed by atoms with Gasteiger partial charge in [0, 0.05) is 0 Å². The molecule has 40 valence electrons. The lowest BCUT2D eigenvalue weighted by Crippen LogP contribution is -1.96. The standard InChI is InChI=1S/C3H5O3P/c4-2(1-7)3(5)6/h1,4H,7H2,(H,5,6)/b2-1-. The first-order valence-corrected chi connectivity index (χ1v) is 2.19. The van der Waals surface area contributed by atoms with E-state index in [0.717, 1.165) is 5.82 Å². The second kappa shape index (κ2) is 2.59. The van der Waals surface area contributed by atoms with Crippen molar-refractivity contribution in [1.29, 1.82) is 0 Å². The highest BCUT2D eigenvalue weighted by Crippen LogP contribution is 1.91. The lowest BCUT2D eigenvalue weighted by Gasteiger charge is -1.83. The normalized spacial score (nSPS) is 11.3. The quantitative estimate of drug-likeness (QED) is 0.298. The fourth-order valence-corrected chi connectivity index (χ4v) is 0.214. The molecular weight excluding hydrogens is 115 g/mol. The zero-order chi connectivity index (χ0) is 5.86. The minimum atomic E-state index is -1.31. The smallest absolute Gasteiger partial charge is 0.370 e. The largest absolute Gasteiger partial charge is 0.502 e. The van der Waals surface area contributed by atoms with Crippen LogP contribution in [-0.2, 0) is 4.79 Å². The minimum absolute atomic E-state index is 0.648. The molecule has 0 aliphatic heterocycles. The van der Waals surface area contributed by atoms with Crippen LogP contribution >= 0.6 is 9.24 Å². The van der Waals surface area contributed by atoms with Gasteiger partial charge in [0.25, 0.3) is 0 Å². The van der Waals surface area contributed by atoms with E-state index in [4.69, 9.17) is 10.2 Å². The Morgan fingerprint density at radius 1 is 1.57 bits per heavy atom. The molecule has 0 aliphatic carbocycles. The van der Waals surface area contributed by atoms with Crippen LogP contribution in [0.5, 0.6) is 0 Å². The van der Waals surface area contributed by atoms with E-state index in [2.05, 4.69) is 0 Å². The third kappa shape index (κ3) is 2.18. The minimum Gasteiger partial charge on any atom is -0.502 e. The van der Waals surface area contributed by atoms with Gasteiger partial charge in [-0.1, -0.05) is 0 Å². The zero-order valence-electron chi connectivity index (χ0n) is 3.46. The number of carbonyl (C=O) groups is 1. The molecule has 1 atom stereocenters. The monoisotopic (exact) mass is 120 g/mol. The van der Waals surface area contributed by atoms with E-state index < -0.39 is 11.7 Å². The Hall–Kier alpha value is -0.560. The number of aliphatic hydroxyl groups is 1. The lowest BCUT2D eigenvalue weighted by molar-refractivity contribution is -0.135. The van der Waals surface area contributed by atoms with E-state index >= 15 is 0 Å². The molecule has 0 amide bonds. The van der Waals surface area contributed by atoms with Crippen molar-refractivity contribution in [2.45, 2.75) is 0 Å². The number of carboxylic acid groups (broad SMARTS) is 1. The Bertz CT molecular complexity index is 107. The van der Waals surface area contributed by atoms with Crippen LogP contribution in [0.15, 0.2) is 11.6 Å². The number of rotatable bonds is 1. The highest BCUT2D eigenvalue weighted by atomic mass is 31.0. The van der Waals surface area contributed by atoms with Gasteiger partial charge in [-0.2, -0.15) is 0 Å². The molecule has 2 N–H and O–H groups in total. The van der Waals surface area contributed by atoms with Crippen LogP contribution in [0.3, 0.4) is 0 Å². The predicted octanol–water partition coefficient (Wildman–Crippen LogP) is 0.345. The highest BCUT2D eigenvalue weighted by molar-refractivity contribution is 7.20. The summed E-state index contributed by atoms with van der Waals surface area (Å²) in [6, 6.07) is 0. The number of hydrogen-bond acceptors (Lipinski definition) is 2. The van der Waals surface area contributed by atoms with E-state index in [1.165, 1.54) is 0 Å². The predicted molar refractivity (Wildman–Crippen MR) is 28.1 cm³/mol. The van der Waals surface area contributed by atoms with Gasteiger partial charge in [0.15, 0.2) is 0 Å². The van der Waals surface area contributed by atoms with Gasteiger partial charge in [-0.15, -0.1) is 9.24 Å². The average Bonchev–Trinajstić information content (AvgIpc) is 1.65. The summed E-state index contributed by atoms with van der Waals surface area (Å²) in [6.45, 7) is 0. The first-order chi connectivity index (χ1) is 3.18. The summed E-state index contributed by atoms with van der Waals surface area (Å²) < 4.78 is 0. The van der Waals surface area contributed by atoms with Gasteiger partial charge < -0.3 is 10.2 Å². The number of aliphatic hydroxyl groups excluding tert-OH is 1. The Morgan fingerprint density at radius 3 is 2.00 bits per heavy atom. The van der Waals surface area contributed by atoms with Crippen molar-refractivity contribution < 1.29 is 15.0 Å². The molecule has 0 saturated carbocycles. The third-order valence-electron chi connectivity index (χ3n) is 0.377. The van der Waals surface area contributed by atoms with E-state index in [1.807, 2.05) is 9.24 Å². The van der Waals surface area contributed by atoms with Crippen LogP contribution in [-0.4, -0.2) is 16.2 Å². The molecule has 0 spiro atoms. The Labute approximate surface area is 42.9 Å². The van der Waals surface area contributed by atoms with Crippen molar-refractivity contribution >= 4 is 15.2 Å². The van der Waals surface area contributed by atoms with Gasteiger partial charge in [0.05, 0.1) is 0 Å². The Kier molecular flexibility index (Phi) is 2.38. The molecule has 0 aromatic rings. The molecule has 3 nitrogen and oxygen atoms in total. The van der Waals surface area contributed by atoms with Crippen LogP contribution in [0.1, 0.15) is 0 Å². The molecule has 0 saturated heterocycles. The third-order valence-corrected chi connectivity index (χ3v) is 0.693. The van der Waals surface area contributed by atoms with E-state index in [9.17, 15) is 4.79 Å². The van der Waals surface area contributed by atoms with Crippen LogP contribution in [0.2, 0.25) is 0 Å². The fourth-order valence-electron chi connectivity index (χ4n) is 0.0713. The van der Waals surface area contributed by atoms with Crippen LogP contribution in [0.25, 0.3) is 0 Å². The molecule has 0 heterocycles.